The maximum atomic E-state index is 13.6. The summed E-state index contributed by atoms with van der Waals surface area (Å²) >= 11 is 0. The van der Waals surface area contributed by atoms with Gasteiger partial charge in [0.05, 0.1) is 48.2 Å². The second-order valence-electron chi connectivity index (χ2n) is 8.84. The fraction of sp³-hybridized carbons (Fsp3) is 0.417. The van der Waals surface area contributed by atoms with Crippen LogP contribution in [0.3, 0.4) is 0 Å². The third-order valence-corrected chi connectivity index (χ3v) is 7.06. The monoisotopic (exact) mass is 462 g/mol. The molecule has 1 saturated carbocycles. The Morgan fingerprint density at radius 1 is 1.24 bits per heavy atom. The minimum atomic E-state index is -4.49. The number of alkyl halides is 3. The van der Waals surface area contributed by atoms with E-state index in [0.29, 0.717) is 35.9 Å². The molecule has 2 aliphatic rings. The van der Waals surface area contributed by atoms with Crippen LogP contribution in [-0.4, -0.2) is 35.3 Å². The fourth-order valence-electron chi connectivity index (χ4n) is 5.64. The van der Waals surface area contributed by atoms with E-state index in [1.807, 2.05) is 0 Å². The summed E-state index contributed by atoms with van der Waals surface area (Å²) in [4.78, 5) is 19.6. The number of carbonyl (C=O) groups excluding carboxylic acids is 1. The second kappa shape index (κ2) is 7.83. The summed E-state index contributed by atoms with van der Waals surface area (Å²) in [6.45, 7) is 0.203. The Hall–Kier alpha value is -2.94. The molecule has 5 nitrogen and oxygen atoms in total. The largest absolute Gasteiger partial charge is 0.469 e. The summed E-state index contributed by atoms with van der Waals surface area (Å²) in [6, 6.07) is 8.15. The topological polar surface area (TPSA) is 64.2 Å². The summed E-state index contributed by atoms with van der Waals surface area (Å²) in [7, 11) is 1.32. The number of fused-ring (bicyclic) bond motifs is 1. The number of aromatic nitrogens is 2. The molecule has 1 N–H and O–H groups in total. The van der Waals surface area contributed by atoms with E-state index in [9.17, 15) is 22.4 Å². The van der Waals surface area contributed by atoms with Crippen molar-refractivity contribution in [2.24, 2.45) is 5.92 Å². The first-order valence-electron chi connectivity index (χ1n) is 10.7. The number of halogens is 4. The summed E-state index contributed by atoms with van der Waals surface area (Å²) in [6.07, 6.45) is -1.63. The number of rotatable bonds is 3. The van der Waals surface area contributed by atoms with Crippen molar-refractivity contribution in [1.82, 2.24) is 9.97 Å². The Bertz CT molecular complexity index is 1190. The summed E-state index contributed by atoms with van der Waals surface area (Å²) in [5.41, 5.74) is 0.502. The number of H-pyrrole nitrogens is 1. The van der Waals surface area contributed by atoms with Crippen molar-refractivity contribution in [1.29, 1.82) is 0 Å². The zero-order valence-electron chi connectivity index (χ0n) is 17.8. The van der Waals surface area contributed by atoms with Crippen LogP contribution in [0.15, 0.2) is 42.7 Å². The van der Waals surface area contributed by atoms with E-state index in [1.165, 1.54) is 25.6 Å². The molecule has 0 radical (unpaired) electrons. The minimum absolute atomic E-state index is 0.203. The Labute approximate surface area is 187 Å². The van der Waals surface area contributed by atoms with E-state index in [4.69, 9.17) is 9.47 Å². The predicted molar refractivity (Wildman–Crippen MR) is 111 cm³/mol. The molecule has 1 unspecified atom stereocenters. The first-order chi connectivity index (χ1) is 15.7. The van der Waals surface area contributed by atoms with Crippen LogP contribution in [0.4, 0.5) is 17.6 Å². The Morgan fingerprint density at radius 3 is 2.70 bits per heavy atom. The number of imidazole rings is 1. The van der Waals surface area contributed by atoms with E-state index in [2.05, 4.69) is 9.97 Å². The molecule has 1 aliphatic carbocycles. The van der Waals surface area contributed by atoms with Crippen molar-refractivity contribution in [3.63, 3.8) is 0 Å². The van der Waals surface area contributed by atoms with Crippen molar-refractivity contribution in [3.05, 3.63) is 65.2 Å². The van der Waals surface area contributed by atoms with E-state index in [0.717, 1.165) is 17.7 Å². The molecule has 4 atom stereocenters. The lowest BCUT2D eigenvalue weighted by molar-refractivity contribution is -0.147. The van der Waals surface area contributed by atoms with Crippen LogP contribution in [0.5, 0.6) is 0 Å². The van der Waals surface area contributed by atoms with Gasteiger partial charge in [0.1, 0.15) is 5.82 Å². The maximum absolute atomic E-state index is 13.6. The lowest BCUT2D eigenvalue weighted by Crippen LogP contribution is -2.35. The number of carbonyl (C=O) groups is 1. The Kier molecular flexibility index (Phi) is 5.19. The average Bonchev–Trinajstić information content (AvgIpc) is 3.51. The van der Waals surface area contributed by atoms with Gasteiger partial charge < -0.3 is 14.5 Å². The van der Waals surface area contributed by atoms with Gasteiger partial charge in [-0.1, -0.05) is 12.1 Å². The molecule has 5 rings (SSSR count). The molecule has 174 valence electrons. The van der Waals surface area contributed by atoms with Crippen molar-refractivity contribution in [2.45, 2.75) is 42.9 Å². The summed E-state index contributed by atoms with van der Waals surface area (Å²) in [5, 5.41) is 0. The number of nitrogens with zero attached hydrogens (tertiary/aromatic N) is 1. The molecule has 3 aromatic rings. The number of methoxy groups -OCH3 is 1. The van der Waals surface area contributed by atoms with Gasteiger partial charge in [-0.25, -0.2) is 9.37 Å². The van der Waals surface area contributed by atoms with Gasteiger partial charge >= 0.3 is 12.1 Å². The molecule has 33 heavy (non-hydrogen) atoms. The van der Waals surface area contributed by atoms with Gasteiger partial charge in [-0.15, -0.1) is 0 Å². The molecule has 0 amide bonds. The number of esters is 1. The summed E-state index contributed by atoms with van der Waals surface area (Å²) in [5.74, 6) is -1.97. The quantitative estimate of drug-likeness (QED) is 0.422. The normalized spacial score (nSPS) is 27.5. The third kappa shape index (κ3) is 3.68. The third-order valence-electron chi connectivity index (χ3n) is 7.06. The zero-order chi connectivity index (χ0) is 23.4. The van der Waals surface area contributed by atoms with Crippen LogP contribution in [-0.2, 0) is 20.4 Å². The first-order valence-corrected chi connectivity index (χ1v) is 10.7. The number of nitrogens with one attached hydrogen (secondary N) is 1. The van der Waals surface area contributed by atoms with Crippen LogP contribution >= 0.6 is 0 Å². The molecular weight excluding hydrogens is 440 g/mol. The highest BCUT2D eigenvalue weighted by molar-refractivity contribution is 5.80. The lowest BCUT2D eigenvalue weighted by atomic mass is 9.76. The maximum Gasteiger partial charge on any atom is 0.416 e. The van der Waals surface area contributed by atoms with E-state index >= 15 is 0 Å². The molecule has 2 aromatic carbocycles. The van der Waals surface area contributed by atoms with Gasteiger partial charge in [-0.05, 0) is 54.7 Å². The number of aromatic amines is 1. The Balaban J connectivity index is 1.54. The summed E-state index contributed by atoms with van der Waals surface area (Å²) < 4.78 is 65.5. The molecule has 2 fully saturated rings. The smallest absolute Gasteiger partial charge is 0.416 e. The van der Waals surface area contributed by atoms with Gasteiger partial charge in [0.15, 0.2) is 0 Å². The SMILES string of the molecule is COC(=O)[C@H]1CC[C@@]2(CC(c3cc(C(F)(F)F)cc4[nH]cnc34)CO2)[C@@H]1c1ccc(F)cc1. The average molecular weight is 462 g/mol. The molecule has 2 heterocycles. The number of hydrogen-bond acceptors (Lipinski definition) is 4. The number of ether oxygens (including phenoxy) is 2. The van der Waals surface area contributed by atoms with Crippen molar-refractivity contribution in [3.8, 4) is 0 Å². The minimum Gasteiger partial charge on any atom is -0.469 e. The van der Waals surface area contributed by atoms with E-state index < -0.39 is 35.0 Å². The second-order valence-corrected chi connectivity index (χ2v) is 8.84. The highest BCUT2D eigenvalue weighted by Crippen LogP contribution is 2.57. The van der Waals surface area contributed by atoms with Gasteiger partial charge in [-0.3, -0.25) is 4.79 Å². The molecular formula is C24H22F4N2O3. The Morgan fingerprint density at radius 2 is 2.00 bits per heavy atom. The van der Waals surface area contributed by atoms with Gasteiger partial charge in [0.2, 0.25) is 0 Å². The van der Waals surface area contributed by atoms with Gasteiger partial charge in [0.25, 0.3) is 0 Å². The molecule has 1 spiro atoms. The molecule has 1 aromatic heterocycles. The standard InChI is InChI=1S/C24H22F4N2O3/c1-32-22(31)17-6-7-23(20(17)13-2-4-16(25)5-3-13)10-14(11-33-23)18-8-15(24(26,27)28)9-19-21(18)30-12-29-19/h2-5,8-9,12,14,17,20H,6-7,10-11H2,1H3,(H,29,30)/t14?,17-,20+,23+/m0/s1. The van der Waals surface area contributed by atoms with Crippen LogP contribution in [0.1, 0.15) is 47.8 Å². The molecule has 9 heteroatoms. The van der Waals surface area contributed by atoms with Crippen LogP contribution in [0.2, 0.25) is 0 Å². The van der Waals surface area contributed by atoms with Gasteiger partial charge in [-0.2, -0.15) is 13.2 Å². The van der Waals surface area contributed by atoms with Crippen LogP contribution in [0.25, 0.3) is 11.0 Å². The molecule has 1 saturated heterocycles. The zero-order valence-corrected chi connectivity index (χ0v) is 17.8. The van der Waals surface area contributed by atoms with E-state index in [1.54, 1.807) is 12.1 Å². The van der Waals surface area contributed by atoms with E-state index in [-0.39, 0.29) is 18.5 Å². The highest BCUT2D eigenvalue weighted by Gasteiger charge is 2.56. The van der Waals surface area contributed by atoms with Crippen molar-refractivity contribution >= 4 is 17.0 Å². The highest BCUT2D eigenvalue weighted by atomic mass is 19.4. The van der Waals surface area contributed by atoms with Crippen molar-refractivity contribution in [2.75, 3.05) is 13.7 Å². The molecule has 1 aliphatic heterocycles. The number of hydrogen-bond donors (Lipinski definition) is 1. The molecule has 0 bridgehead atoms. The lowest BCUT2D eigenvalue weighted by Gasteiger charge is -2.33. The van der Waals surface area contributed by atoms with Crippen LogP contribution < -0.4 is 0 Å². The van der Waals surface area contributed by atoms with Gasteiger partial charge in [0, 0.05) is 11.8 Å². The predicted octanol–water partition coefficient (Wildman–Crippen LogP) is 5.33. The number of benzene rings is 2. The van der Waals surface area contributed by atoms with Crippen LogP contribution in [0, 0.1) is 11.7 Å². The fourth-order valence-corrected chi connectivity index (χ4v) is 5.64. The van der Waals surface area contributed by atoms with Crippen molar-refractivity contribution < 1.29 is 31.8 Å². The first kappa shape index (κ1) is 21.9.